The summed E-state index contributed by atoms with van der Waals surface area (Å²) in [4.78, 5) is 12.4. The molecule has 1 heterocycles. The smallest absolute Gasteiger partial charge is 0.542 e. The van der Waals surface area contributed by atoms with Crippen LogP contribution in [0.15, 0.2) is 0 Å². The van der Waals surface area contributed by atoms with Crippen LogP contribution >= 0.6 is 0 Å². The summed E-state index contributed by atoms with van der Waals surface area (Å²) < 4.78 is 0. The van der Waals surface area contributed by atoms with Gasteiger partial charge in [-0.3, -0.25) is 6.29 Å². The van der Waals surface area contributed by atoms with Crippen molar-refractivity contribution in [3.05, 3.63) is 0 Å². The Morgan fingerprint density at radius 3 is 2.18 bits per heavy atom. The van der Waals surface area contributed by atoms with Crippen molar-refractivity contribution in [3.8, 4) is 0 Å². The van der Waals surface area contributed by atoms with E-state index in [2.05, 4.69) is 11.9 Å². The Bertz CT molecular complexity index is 103. The van der Waals surface area contributed by atoms with Gasteiger partial charge in [0, 0.05) is 0 Å². The van der Waals surface area contributed by atoms with Gasteiger partial charge < -0.3 is 15.2 Å². The quantitative estimate of drug-likeness (QED) is 0.232. The molecule has 0 atom stereocenters. The van der Waals surface area contributed by atoms with E-state index in [0.717, 1.165) is 25.9 Å². The molecular formula is C7H15NNaO2+. The molecule has 0 saturated carbocycles. The normalized spacial score (nSPS) is 19.7. The molecule has 0 aromatic carbocycles. The molecule has 4 heteroatoms. The summed E-state index contributed by atoms with van der Waals surface area (Å²) in [7, 11) is 2.08. The van der Waals surface area contributed by atoms with Crippen molar-refractivity contribution in [2.75, 3.05) is 20.1 Å². The summed E-state index contributed by atoms with van der Waals surface area (Å²) >= 11 is 0. The van der Waals surface area contributed by atoms with Crippen LogP contribution in [-0.4, -0.2) is 31.3 Å². The van der Waals surface area contributed by atoms with Crippen molar-refractivity contribution in [1.82, 2.24) is 4.90 Å². The molecule has 0 radical (unpaired) electrons. The van der Waals surface area contributed by atoms with Crippen LogP contribution < -0.4 is 29.6 Å². The molecule has 1 aliphatic heterocycles. The van der Waals surface area contributed by atoms with E-state index in [1.807, 2.05) is 6.29 Å². The van der Waals surface area contributed by atoms with Crippen molar-refractivity contribution in [1.29, 1.82) is 0 Å². The molecule has 0 bridgehead atoms. The molecule has 60 valence electrons. The van der Waals surface area contributed by atoms with Crippen LogP contribution in [0.25, 0.3) is 0 Å². The maximum absolute atomic E-state index is 10.1. The van der Waals surface area contributed by atoms with Gasteiger partial charge in [0.25, 0.3) is 0 Å². The van der Waals surface area contributed by atoms with Crippen molar-refractivity contribution in [2.24, 2.45) is 5.92 Å². The zero-order valence-corrected chi connectivity index (χ0v) is 9.34. The van der Waals surface area contributed by atoms with E-state index < -0.39 is 0 Å². The van der Waals surface area contributed by atoms with E-state index in [0.29, 0.717) is 0 Å². The number of carbonyl (C=O) groups excluding carboxylic acids is 1. The summed E-state index contributed by atoms with van der Waals surface area (Å²) in [6.07, 6.45) is 4.05. The van der Waals surface area contributed by atoms with E-state index in [1.54, 1.807) is 0 Å². The Kier molecular flexibility index (Phi) is 9.32. The summed E-state index contributed by atoms with van der Waals surface area (Å²) in [5.74, 6) is 0.223. The Morgan fingerprint density at radius 2 is 1.82 bits per heavy atom. The minimum absolute atomic E-state index is 0. The van der Waals surface area contributed by atoms with Crippen molar-refractivity contribution in [3.63, 3.8) is 0 Å². The average molecular weight is 168 g/mol. The second-order valence-electron chi connectivity index (χ2n) is 2.70. The summed E-state index contributed by atoms with van der Waals surface area (Å²) in [6, 6.07) is 0. The molecule has 0 spiro atoms. The molecule has 3 nitrogen and oxygen atoms in total. The number of nitrogens with zero attached hydrogens (tertiary/aromatic N) is 1. The van der Waals surface area contributed by atoms with Gasteiger partial charge in [-0.1, -0.05) is 12.8 Å². The summed E-state index contributed by atoms with van der Waals surface area (Å²) in [5.41, 5.74) is 0. The number of hydrogen-bond acceptors (Lipinski definition) is 2. The summed E-state index contributed by atoms with van der Waals surface area (Å²) in [6.45, 7) is 2.11. The van der Waals surface area contributed by atoms with Gasteiger partial charge in [0.05, 0.1) is 0 Å². The van der Waals surface area contributed by atoms with Gasteiger partial charge >= 0.3 is 29.6 Å². The fourth-order valence-electron chi connectivity index (χ4n) is 1.13. The minimum atomic E-state index is 0. The second-order valence-corrected chi connectivity index (χ2v) is 2.70. The molecule has 0 aromatic rings. The molecule has 0 aliphatic carbocycles. The van der Waals surface area contributed by atoms with Gasteiger partial charge in [-0.05, 0) is 20.1 Å². The zero-order valence-electron chi connectivity index (χ0n) is 7.34. The van der Waals surface area contributed by atoms with Gasteiger partial charge in [-0.2, -0.15) is 0 Å². The Balaban J connectivity index is 0. The fourth-order valence-corrected chi connectivity index (χ4v) is 1.13. The van der Waals surface area contributed by atoms with Crippen molar-refractivity contribution >= 4 is 6.29 Å². The zero-order chi connectivity index (χ0) is 6.69. The van der Waals surface area contributed by atoms with Gasteiger partial charge in [0.15, 0.2) is 0 Å². The first-order valence-corrected chi connectivity index (χ1v) is 3.39. The molecule has 1 rings (SSSR count). The standard InChI is InChI=1S/C7H12NO.Na.H2O/c1-8-4-2-7(6-9)3-5-8;;/h7H,2-5H2,1H3;;1H2/q-1;+1;/p+1. The van der Waals surface area contributed by atoms with E-state index in [4.69, 9.17) is 0 Å². The van der Waals surface area contributed by atoms with E-state index in [1.165, 1.54) is 0 Å². The first kappa shape index (κ1) is 14.1. The van der Waals surface area contributed by atoms with Crippen LogP contribution in [-0.2, 0) is 10.3 Å². The maximum Gasteiger partial charge on any atom is 1.00 e. The number of hydrogen-bond donors (Lipinski definition) is 0. The first-order valence-electron chi connectivity index (χ1n) is 3.39. The van der Waals surface area contributed by atoms with Crippen LogP contribution in [0.2, 0.25) is 0 Å². The molecule has 1 fully saturated rings. The third-order valence-electron chi connectivity index (χ3n) is 1.89. The van der Waals surface area contributed by atoms with E-state index >= 15 is 0 Å². The SMILES string of the molecule is CN1CCC([C-]=O)CC1.[Na+].[OH3+]. The van der Waals surface area contributed by atoms with Crippen LogP contribution in [0.5, 0.6) is 0 Å². The first-order chi connectivity index (χ1) is 4.33. The number of likely N-dealkylation sites (tertiary alicyclic amines) is 1. The fraction of sp³-hybridized carbons (Fsp3) is 0.857. The van der Waals surface area contributed by atoms with E-state index in [9.17, 15) is 4.79 Å². The third kappa shape index (κ3) is 4.93. The van der Waals surface area contributed by atoms with Crippen molar-refractivity contribution in [2.45, 2.75) is 12.8 Å². The van der Waals surface area contributed by atoms with Crippen LogP contribution in [0.1, 0.15) is 12.8 Å². The monoisotopic (exact) mass is 168 g/mol. The van der Waals surface area contributed by atoms with Gasteiger partial charge in [0.1, 0.15) is 0 Å². The van der Waals surface area contributed by atoms with Gasteiger partial charge in [0.2, 0.25) is 0 Å². The largest absolute Gasteiger partial charge is 1.00 e. The van der Waals surface area contributed by atoms with Crippen LogP contribution in [0.4, 0.5) is 0 Å². The molecule has 1 aliphatic rings. The molecule has 1 saturated heterocycles. The molecule has 0 aromatic heterocycles. The topological polar surface area (TPSA) is 53.3 Å². The van der Waals surface area contributed by atoms with Crippen LogP contribution in [0.3, 0.4) is 0 Å². The third-order valence-corrected chi connectivity index (χ3v) is 1.89. The predicted molar refractivity (Wildman–Crippen MR) is 40.8 cm³/mol. The van der Waals surface area contributed by atoms with Crippen molar-refractivity contribution < 1.29 is 39.8 Å². The minimum Gasteiger partial charge on any atom is -0.542 e. The molecule has 0 unspecified atom stereocenters. The predicted octanol–water partition coefficient (Wildman–Crippen LogP) is -3.48. The Labute approximate surface area is 89.7 Å². The molecule has 0 amide bonds. The Morgan fingerprint density at radius 1 is 1.36 bits per heavy atom. The molecule has 3 N–H and O–H groups in total. The van der Waals surface area contributed by atoms with Gasteiger partial charge in [-0.15, -0.1) is 5.92 Å². The maximum atomic E-state index is 10.1. The van der Waals surface area contributed by atoms with E-state index in [-0.39, 0.29) is 41.0 Å². The van der Waals surface area contributed by atoms with Crippen LogP contribution in [0, 0.1) is 5.92 Å². The second kappa shape index (κ2) is 7.25. The Hall–Kier alpha value is 0.590. The molecular weight excluding hydrogens is 153 g/mol. The number of rotatable bonds is 1. The average Bonchev–Trinajstić information content (AvgIpc) is 1.90. The number of piperidine rings is 1. The summed E-state index contributed by atoms with van der Waals surface area (Å²) in [5, 5.41) is 0. The molecule has 11 heavy (non-hydrogen) atoms. The van der Waals surface area contributed by atoms with Gasteiger partial charge in [-0.25, -0.2) is 0 Å².